The van der Waals surface area contributed by atoms with E-state index in [4.69, 9.17) is 0 Å². The molecule has 1 aliphatic rings. The van der Waals surface area contributed by atoms with Gasteiger partial charge in [0.1, 0.15) is 17.2 Å². The summed E-state index contributed by atoms with van der Waals surface area (Å²) >= 11 is 1.43. The predicted molar refractivity (Wildman–Crippen MR) is 114 cm³/mol. The third kappa shape index (κ3) is 4.36. The molecule has 30 heavy (non-hydrogen) atoms. The lowest BCUT2D eigenvalue weighted by Gasteiger charge is -2.32. The Hall–Kier alpha value is -3.19. The monoisotopic (exact) mass is 421 g/mol. The Balaban J connectivity index is 1.65. The molecule has 1 saturated heterocycles. The van der Waals surface area contributed by atoms with E-state index < -0.39 is 6.04 Å². The molecular weight excluding hydrogens is 401 g/mol. The number of hydrogen-bond donors (Lipinski definition) is 1. The molecule has 0 aliphatic carbocycles. The van der Waals surface area contributed by atoms with Crippen molar-refractivity contribution in [3.63, 3.8) is 0 Å². The third-order valence-corrected chi connectivity index (χ3v) is 6.10. The second-order valence-electron chi connectivity index (χ2n) is 6.87. The van der Waals surface area contributed by atoms with E-state index in [1.807, 2.05) is 48.5 Å². The summed E-state index contributed by atoms with van der Waals surface area (Å²) in [6.45, 7) is 0.263. The van der Waals surface area contributed by atoms with E-state index in [2.05, 4.69) is 10.3 Å². The van der Waals surface area contributed by atoms with Crippen molar-refractivity contribution < 1.29 is 14.0 Å². The summed E-state index contributed by atoms with van der Waals surface area (Å²) in [5.41, 5.74) is 2.24. The summed E-state index contributed by atoms with van der Waals surface area (Å²) in [7, 11) is 0. The van der Waals surface area contributed by atoms with Crippen LogP contribution in [0, 0.1) is 5.82 Å². The first-order chi connectivity index (χ1) is 14.6. The van der Waals surface area contributed by atoms with Crippen LogP contribution in [-0.2, 0) is 16.1 Å². The highest BCUT2D eigenvalue weighted by Crippen LogP contribution is 2.43. The SMILES string of the molecule is O=C(NCc1ccccn1)C(c1ccccc1)N1C(=O)CSC1c1ccc(F)cc1. The average molecular weight is 421 g/mol. The molecule has 0 radical (unpaired) electrons. The lowest BCUT2D eigenvalue weighted by molar-refractivity contribution is -0.139. The van der Waals surface area contributed by atoms with Crippen LogP contribution in [0.25, 0.3) is 0 Å². The van der Waals surface area contributed by atoms with Gasteiger partial charge in [0.05, 0.1) is 18.0 Å². The zero-order chi connectivity index (χ0) is 20.9. The van der Waals surface area contributed by atoms with Crippen molar-refractivity contribution in [2.75, 3.05) is 5.75 Å². The van der Waals surface area contributed by atoms with Crippen LogP contribution >= 0.6 is 11.8 Å². The summed E-state index contributed by atoms with van der Waals surface area (Å²) in [5.74, 6) is -0.489. The van der Waals surface area contributed by atoms with Crippen molar-refractivity contribution in [3.05, 3.63) is 102 Å². The Bertz CT molecular complexity index is 1020. The number of halogens is 1. The van der Waals surface area contributed by atoms with Crippen LogP contribution in [-0.4, -0.2) is 27.5 Å². The van der Waals surface area contributed by atoms with E-state index in [-0.39, 0.29) is 35.3 Å². The first-order valence-corrected chi connectivity index (χ1v) is 10.6. The molecule has 3 aromatic rings. The summed E-state index contributed by atoms with van der Waals surface area (Å²) in [6, 6.07) is 20.0. The number of carbonyl (C=O) groups excluding carboxylic acids is 2. The highest BCUT2D eigenvalue weighted by atomic mass is 32.2. The molecule has 2 atom stereocenters. The minimum Gasteiger partial charge on any atom is -0.348 e. The number of benzene rings is 2. The fourth-order valence-corrected chi connectivity index (χ4v) is 4.65. The van der Waals surface area contributed by atoms with Gasteiger partial charge in [-0.15, -0.1) is 11.8 Å². The number of rotatable bonds is 6. The second kappa shape index (κ2) is 9.09. The van der Waals surface area contributed by atoms with Gasteiger partial charge in [0.25, 0.3) is 0 Å². The molecule has 2 unspecified atom stereocenters. The Labute approximate surface area is 178 Å². The number of amides is 2. The minimum atomic E-state index is -0.799. The molecule has 2 heterocycles. The number of nitrogens with one attached hydrogen (secondary N) is 1. The lowest BCUT2D eigenvalue weighted by Crippen LogP contribution is -2.42. The Kier molecular flexibility index (Phi) is 6.09. The first-order valence-electron chi connectivity index (χ1n) is 9.54. The fraction of sp³-hybridized carbons (Fsp3) is 0.174. The number of nitrogens with zero attached hydrogens (tertiary/aromatic N) is 2. The van der Waals surface area contributed by atoms with Crippen LogP contribution in [0.5, 0.6) is 0 Å². The molecule has 5 nitrogen and oxygen atoms in total. The summed E-state index contributed by atoms with van der Waals surface area (Å²) in [4.78, 5) is 32.0. The van der Waals surface area contributed by atoms with Gasteiger partial charge in [-0.3, -0.25) is 14.6 Å². The van der Waals surface area contributed by atoms with Crippen LogP contribution in [0.3, 0.4) is 0 Å². The van der Waals surface area contributed by atoms with E-state index in [9.17, 15) is 14.0 Å². The molecular formula is C23H20FN3O2S. The van der Waals surface area contributed by atoms with Gasteiger partial charge in [-0.25, -0.2) is 4.39 Å². The Morgan fingerprint density at radius 3 is 2.53 bits per heavy atom. The van der Waals surface area contributed by atoms with Crippen molar-refractivity contribution in [3.8, 4) is 0 Å². The maximum absolute atomic E-state index is 13.4. The highest BCUT2D eigenvalue weighted by molar-refractivity contribution is 8.00. The summed E-state index contributed by atoms with van der Waals surface area (Å²) in [6.07, 6.45) is 1.67. The average Bonchev–Trinajstić information content (AvgIpc) is 3.15. The molecule has 152 valence electrons. The summed E-state index contributed by atoms with van der Waals surface area (Å²) in [5, 5.41) is 2.54. The summed E-state index contributed by atoms with van der Waals surface area (Å²) < 4.78 is 13.4. The maximum atomic E-state index is 13.4. The largest absolute Gasteiger partial charge is 0.348 e. The van der Waals surface area contributed by atoms with Gasteiger partial charge in [0.2, 0.25) is 11.8 Å². The standard InChI is InChI=1S/C23H20FN3O2S/c24-18-11-9-17(10-12-18)23-27(20(28)15-30-23)21(16-6-2-1-3-7-16)22(29)26-14-19-8-4-5-13-25-19/h1-13,21,23H,14-15H2,(H,26,29). The molecule has 2 aromatic carbocycles. The van der Waals surface area contributed by atoms with E-state index in [1.165, 1.54) is 23.9 Å². The second-order valence-corrected chi connectivity index (χ2v) is 7.94. The molecule has 2 amide bonds. The van der Waals surface area contributed by atoms with Crippen molar-refractivity contribution in [1.29, 1.82) is 0 Å². The van der Waals surface area contributed by atoms with E-state index in [1.54, 1.807) is 23.2 Å². The molecule has 1 aliphatic heterocycles. The minimum absolute atomic E-state index is 0.129. The van der Waals surface area contributed by atoms with Gasteiger partial charge in [-0.1, -0.05) is 48.5 Å². The molecule has 0 spiro atoms. The van der Waals surface area contributed by atoms with Gasteiger partial charge < -0.3 is 10.2 Å². The third-order valence-electron chi connectivity index (χ3n) is 4.87. The van der Waals surface area contributed by atoms with Gasteiger partial charge >= 0.3 is 0 Å². The zero-order valence-corrected chi connectivity index (χ0v) is 16.9. The van der Waals surface area contributed by atoms with Gasteiger partial charge in [0, 0.05) is 6.20 Å². The van der Waals surface area contributed by atoms with Crippen LogP contribution in [0.2, 0.25) is 0 Å². The van der Waals surface area contributed by atoms with Gasteiger partial charge in [-0.05, 0) is 35.4 Å². The highest BCUT2D eigenvalue weighted by Gasteiger charge is 2.41. The van der Waals surface area contributed by atoms with Crippen molar-refractivity contribution in [1.82, 2.24) is 15.2 Å². The number of aromatic nitrogens is 1. The van der Waals surface area contributed by atoms with Crippen molar-refractivity contribution in [2.45, 2.75) is 18.0 Å². The Morgan fingerprint density at radius 1 is 1.10 bits per heavy atom. The predicted octanol–water partition coefficient (Wildman–Crippen LogP) is 3.85. The van der Waals surface area contributed by atoms with E-state index in [0.717, 1.165) is 16.8 Å². The van der Waals surface area contributed by atoms with Crippen LogP contribution in [0.4, 0.5) is 4.39 Å². The first kappa shape index (κ1) is 20.1. The molecule has 1 fully saturated rings. The zero-order valence-electron chi connectivity index (χ0n) is 16.1. The lowest BCUT2D eigenvalue weighted by atomic mass is 10.0. The van der Waals surface area contributed by atoms with Crippen LogP contribution in [0.1, 0.15) is 28.2 Å². The topological polar surface area (TPSA) is 62.3 Å². The maximum Gasteiger partial charge on any atom is 0.247 e. The number of hydrogen-bond acceptors (Lipinski definition) is 4. The molecule has 1 N–H and O–H groups in total. The molecule has 1 aromatic heterocycles. The van der Waals surface area contributed by atoms with Crippen molar-refractivity contribution in [2.24, 2.45) is 0 Å². The molecule has 7 heteroatoms. The quantitative estimate of drug-likeness (QED) is 0.657. The normalized spacial score (nSPS) is 17.0. The molecule has 0 bridgehead atoms. The van der Waals surface area contributed by atoms with Gasteiger partial charge in [0.15, 0.2) is 0 Å². The Morgan fingerprint density at radius 2 is 1.83 bits per heavy atom. The van der Waals surface area contributed by atoms with E-state index in [0.29, 0.717) is 0 Å². The fourth-order valence-electron chi connectivity index (χ4n) is 3.45. The van der Waals surface area contributed by atoms with Crippen LogP contribution in [0.15, 0.2) is 79.0 Å². The van der Waals surface area contributed by atoms with Crippen molar-refractivity contribution >= 4 is 23.6 Å². The van der Waals surface area contributed by atoms with Gasteiger partial charge in [-0.2, -0.15) is 0 Å². The van der Waals surface area contributed by atoms with Crippen LogP contribution < -0.4 is 5.32 Å². The number of thioether (sulfide) groups is 1. The molecule has 0 saturated carbocycles. The number of pyridine rings is 1. The van der Waals surface area contributed by atoms with E-state index >= 15 is 0 Å². The smallest absolute Gasteiger partial charge is 0.247 e. The molecule has 4 rings (SSSR count). The number of carbonyl (C=O) groups is 2.